The molecule has 0 aromatic heterocycles. The van der Waals surface area contributed by atoms with Crippen LogP contribution in [0.5, 0.6) is 0 Å². The summed E-state index contributed by atoms with van der Waals surface area (Å²) in [5.41, 5.74) is 2.71. The zero-order chi connectivity index (χ0) is 23.2. The van der Waals surface area contributed by atoms with Crippen molar-refractivity contribution < 1.29 is 19.5 Å². The van der Waals surface area contributed by atoms with E-state index in [0.717, 1.165) is 29.7 Å². The maximum atomic E-state index is 13.7. The molecule has 32 heavy (non-hydrogen) atoms. The van der Waals surface area contributed by atoms with Gasteiger partial charge in [-0.1, -0.05) is 26.0 Å². The number of nitrogens with one attached hydrogen (secondary N) is 2. The highest BCUT2D eigenvalue weighted by Crippen LogP contribution is 2.68. The molecule has 3 heterocycles. The Kier molecular flexibility index (Phi) is 6.29. The first-order valence-electron chi connectivity index (χ1n) is 11.5. The molecule has 1 aromatic carbocycles. The first kappa shape index (κ1) is 23.1. The van der Waals surface area contributed by atoms with Crippen molar-refractivity contribution in [2.75, 3.05) is 25.0 Å². The van der Waals surface area contributed by atoms with Crippen molar-refractivity contribution in [3.05, 3.63) is 29.3 Å². The van der Waals surface area contributed by atoms with Crippen molar-refractivity contribution in [2.24, 2.45) is 17.8 Å². The Balaban J connectivity index is 1.71. The summed E-state index contributed by atoms with van der Waals surface area (Å²) in [6.45, 7) is 8.43. The van der Waals surface area contributed by atoms with Crippen LogP contribution < -0.4 is 10.6 Å². The van der Waals surface area contributed by atoms with Crippen molar-refractivity contribution in [1.82, 2.24) is 10.2 Å². The second kappa shape index (κ2) is 8.71. The zero-order valence-corrected chi connectivity index (χ0v) is 20.0. The summed E-state index contributed by atoms with van der Waals surface area (Å²) in [6, 6.07) is 5.16. The van der Waals surface area contributed by atoms with E-state index in [1.165, 1.54) is 4.90 Å². The number of aliphatic hydroxyl groups excluding tert-OH is 1. The van der Waals surface area contributed by atoms with Crippen LogP contribution in [0.15, 0.2) is 18.2 Å². The van der Waals surface area contributed by atoms with Crippen LogP contribution in [0.2, 0.25) is 0 Å². The Bertz CT molecular complexity index is 938. The number of aliphatic hydroxyl groups is 1. The molecule has 8 heteroatoms. The number of carbonyl (C=O) groups excluding carboxylic acids is 3. The van der Waals surface area contributed by atoms with Gasteiger partial charge >= 0.3 is 0 Å². The Morgan fingerprint density at radius 1 is 1.28 bits per heavy atom. The quantitative estimate of drug-likeness (QED) is 0.580. The van der Waals surface area contributed by atoms with Gasteiger partial charge in [-0.05, 0) is 49.8 Å². The third-order valence-electron chi connectivity index (χ3n) is 7.34. The van der Waals surface area contributed by atoms with Gasteiger partial charge in [0.15, 0.2) is 0 Å². The Morgan fingerprint density at radius 2 is 2.03 bits per heavy atom. The van der Waals surface area contributed by atoms with E-state index < -0.39 is 22.6 Å². The number of likely N-dealkylation sites (tertiary alicyclic amines) is 1. The molecule has 3 aliphatic rings. The van der Waals surface area contributed by atoms with Gasteiger partial charge in [-0.25, -0.2) is 0 Å². The van der Waals surface area contributed by atoms with Gasteiger partial charge in [-0.15, -0.1) is 11.8 Å². The molecule has 4 rings (SSSR count). The molecule has 2 bridgehead atoms. The van der Waals surface area contributed by atoms with Crippen LogP contribution >= 0.6 is 11.8 Å². The number of aryl methyl sites for hydroxylation is 2. The zero-order valence-electron chi connectivity index (χ0n) is 19.2. The highest BCUT2D eigenvalue weighted by atomic mass is 32.2. The third kappa shape index (κ3) is 3.43. The summed E-state index contributed by atoms with van der Waals surface area (Å²) in [5, 5.41) is 15.8. The number of nitrogens with zero attached hydrogens (tertiary/aromatic N) is 1. The van der Waals surface area contributed by atoms with Crippen LogP contribution in [-0.4, -0.2) is 63.5 Å². The first-order valence-corrected chi connectivity index (χ1v) is 12.4. The fraction of sp³-hybridized carbons (Fsp3) is 0.625. The maximum absolute atomic E-state index is 13.7. The minimum absolute atomic E-state index is 0.0306. The monoisotopic (exact) mass is 459 g/mol. The summed E-state index contributed by atoms with van der Waals surface area (Å²) in [7, 11) is 0. The molecule has 7 nitrogen and oxygen atoms in total. The molecule has 1 aromatic rings. The molecular formula is C24H33N3O4S. The predicted octanol–water partition coefficient (Wildman–Crippen LogP) is 2.10. The van der Waals surface area contributed by atoms with Crippen LogP contribution in [0.3, 0.4) is 0 Å². The fourth-order valence-electron chi connectivity index (χ4n) is 5.91. The molecule has 1 spiro atoms. The summed E-state index contributed by atoms with van der Waals surface area (Å²) in [4.78, 5) is 41.9. The average molecular weight is 460 g/mol. The van der Waals surface area contributed by atoms with Crippen LogP contribution in [0, 0.1) is 31.6 Å². The number of anilines is 1. The standard InChI is InChI=1S/C24H33N3O4S/c1-5-8-25-21(29)18-17-12-15(4)24(32-17)19(18)23(31)27(9-10-28)20(24)22(30)26-16-11-13(2)6-7-14(16)3/h6-7,11,15,17-20,28H,5,8-10,12H2,1-4H3,(H,25,29)(H,26,30)/t15?,17-,18+,19+,20?,24?/m1/s1. The number of hydrogen-bond acceptors (Lipinski definition) is 5. The number of carbonyl (C=O) groups is 3. The van der Waals surface area contributed by atoms with Gasteiger partial charge in [0.25, 0.3) is 0 Å². The van der Waals surface area contributed by atoms with E-state index in [1.807, 2.05) is 39.0 Å². The van der Waals surface area contributed by atoms with Crippen LogP contribution in [0.25, 0.3) is 0 Å². The van der Waals surface area contributed by atoms with Gasteiger partial charge in [0.1, 0.15) is 6.04 Å². The average Bonchev–Trinajstić information content (AvgIpc) is 3.33. The molecule has 3 aliphatic heterocycles. The van der Waals surface area contributed by atoms with Crippen molar-refractivity contribution in [1.29, 1.82) is 0 Å². The van der Waals surface area contributed by atoms with E-state index in [-0.39, 0.29) is 42.0 Å². The number of thioether (sulfide) groups is 1. The molecule has 6 atom stereocenters. The van der Waals surface area contributed by atoms with Crippen molar-refractivity contribution in [2.45, 2.75) is 56.6 Å². The number of rotatable bonds is 7. The maximum Gasteiger partial charge on any atom is 0.248 e. The molecule has 174 valence electrons. The minimum Gasteiger partial charge on any atom is -0.395 e. The Morgan fingerprint density at radius 3 is 2.72 bits per heavy atom. The largest absolute Gasteiger partial charge is 0.395 e. The Hall–Kier alpha value is -2.06. The van der Waals surface area contributed by atoms with E-state index in [2.05, 4.69) is 17.6 Å². The van der Waals surface area contributed by atoms with Crippen molar-refractivity contribution in [3.8, 4) is 0 Å². The number of β-amino-alcohol motifs (C(OH)–C–C–N with tert-alkyl or cyclic N) is 1. The first-order chi connectivity index (χ1) is 15.3. The molecule has 0 aliphatic carbocycles. The minimum atomic E-state index is -0.721. The number of fused-ring (bicyclic) bond motifs is 1. The third-order valence-corrected chi connectivity index (χ3v) is 9.41. The summed E-state index contributed by atoms with van der Waals surface area (Å²) in [6.07, 6.45) is 1.63. The fourth-order valence-corrected chi connectivity index (χ4v) is 8.33. The molecule has 3 amide bonds. The smallest absolute Gasteiger partial charge is 0.248 e. The highest BCUT2D eigenvalue weighted by Gasteiger charge is 2.75. The number of hydrogen-bond donors (Lipinski definition) is 3. The second-order valence-electron chi connectivity index (χ2n) is 9.41. The Labute approximate surface area is 193 Å². The van der Waals surface area contributed by atoms with E-state index in [4.69, 9.17) is 0 Å². The molecule has 3 unspecified atom stereocenters. The van der Waals surface area contributed by atoms with Gasteiger partial charge in [0, 0.05) is 24.0 Å². The van der Waals surface area contributed by atoms with Crippen LogP contribution in [0.4, 0.5) is 5.69 Å². The highest BCUT2D eigenvalue weighted by molar-refractivity contribution is 8.02. The number of amides is 3. The van der Waals surface area contributed by atoms with E-state index in [1.54, 1.807) is 11.8 Å². The lowest BCUT2D eigenvalue weighted by atomic mass is 9.66. The lowest BCUT2D eigenvalue weighted by Crippen LogP contribution is -2.55. The van der Waals surface area contributed by atoms with E-state index in [0.29, 0.717) is 6.54 Å². The van der Waals surface area contributed by atoms with Gasteiger partial charge < -0.3 is 20.6 Å². The van der Waals surface area contributed by atoms with Gasteiger partial charge in [-0.3, -0.25) is 14.4 Å². The van der Waals surface area contributed by atoms with Gasteiger partial charge in [0.2, 0.25) is 17.7 Å². The lowest BCUT2D eigenvalue weighted by Gasteiger charge is -2.38. The van der Waals surface area contributed by atoms with E-state index in [9.17, 15) is 19.5 Å². The topological polar surface area (TPSA) is 98.7 Å². The SMILES string of the molecule is CCCNC(=O)[C@@H]1[C@H]2C(=O)N(CCO)C(C(=O)Nc3cc(C)ccc3C)C23S[C@@H]1CC3C. The lowest BCUT2D eigenvalue weighted by molar-refractivity contribution is -0.139. The molecule has 3 N–H and O–H groups in total. The predicted molar refractivity (Wildman–Crippen MR) is 125 cm³/mol. The molecular weight excluding hydrogens is 426 g/mol. The summed E-state index contributed by atoms with van der Waals surface area (Å²) in [5.74, 6) is -1.37. The molecule has 3 fully saturated rings. The summed E-state index contributed by atoms with van der Waals surface area (Å²) < 4.78 is -0.660. The van der Waals surface area contributed by atoms with Crippen molar-refractivity contribution >= 4 is 35.2 Å². The van der Waals surface area contributed by atoms with Crippen molar-refractivity contribution in [3.63, 3.8) is 0 Å². The summed E-state index contributed by atoms with van der Waals surface area (Å²) >= 11 is 1.65. The van der Waals surface area contributed by atoms with Crippen LogP contribution in [-0.2, 0) is 14.4 Å². The van der Waals surface area contributed by atoms with E-state index >= 15 is 0 Å². The number of benzene rings is 1. The molecule has 0 radical (unpaired) electrons. The molecule has 0 saturated carbocycles. The molecule has 3 saturated heterocycles. The second-order valence-corrected chi connectivity index (χ2v) is 11.0. The van der Waals surface area contributed by atoms with Gasteiger partial charge in [-0.2, -0.15) is 0 Å². The van der Waals surface area contributed by atoms with Gasteiger partial charge in [0.05, 0.1) is 23.2 Å². The normalized spacial score (nSPS) is 32.8. The van der Waals surface area contributed by atoms with Crippen LogP contribution in [0.1, 0.15) is 37.8 Å².